The lowest BCUT2D eigenvalue weighted by atomic mass is 10.2. The molecule has 3 heteroatoms. The van der Waals surface area contributed by atoms with E-state index in [0.29, 0.717) is 5.02 Å². The van der Waals surface area contributed by atoms with Crippen LogP contribution < -0.4 is 0 Å². The van der Waals surface area contributed by atoms with Crippen LogP contribution >= 0.6 is 11.6 Å². The molecule has 1 aromatic carbocycles. The zero-order chi connectivity index (χ0) is 9.40. The Kier molecular flexibility index (Phi) is 10.9. The van der Waals surface area contributed by atoms with E-state index < -0.39 is 0 Å². The Morgan fingerprint density at radius 3 is 1.85 bits per heavy atom. The summed E-state index contributed by atoms with van der Waals surface area (Å²) in [6.07, 6.45) is 0. The molecular formula is C10H17ClO2. The van der Waals surface area contributed by atoms with E-state index in [1.807, 2.05) is 0 Å². The van der Waals surface area contributed by atoms with Gasteiger partial charge in [-0.2, -0.15) is 0 Å². The van der Waals surface area contributed by atoms with Crippen LogP contribution in [0.15, 0.2) is 24.3 Å². The molecule has 13 heavy (non-hydrogen) atoms. The van der Waals surface area contributed by atoms with Crippen molar-refractivity contribution in [3.05, 3.63) is 34.9 Å². The molecule has 0 aromatic heterocycles. The number of hydrogen-bond acceptors (Lipinski definition) is 2. The van der Waals surface area contributed by atoms with Crippen molar-refractivity contribution in [1.29, 1.82) is 0 Å². The van der Waals surface area contributed by atoms with Crippen molar-refractivity contribution in [2.24, 2.45) is 0 Å². The summed E-state index contributed by atoms with van der Waals surface area (Å²) in [5.74, 6) is 0. The Morgan fingerprint density at radius 1 is 1.15 bits per heavy atom. The Labute approximate surface area is 84.8 Å². The van der Waals surface area contributed by atoms with E-state index >= 15 is 0 Å². The van der Waals surface area contributed by atoms with E-state index in [4.69, 9.17) is 21.8 Å². The summed E-state index contributed by atoms with van der Waals surface area (Å²) < 4.78 is 0. The van der Waals surface area contributed by atoms with Crippen molar-refractivity contribution in [3.8, 4) is 0 Å². The fraction of sp³-hybridized carbons (Fsp3) is 0.400. The van der Waals surface area contributed by atoms with Gasteiger partial charge in [0.1, 0.15) is 0 Å². The van der Waals surface area contributed by atoms with Crippen LogP contribution in [-0.2, 0) is 6.61 Å². The molecule has 0 saturated carbocycles. The third-order valence-corrected chi connectivity index (χ3v) is 1.35. The zero-order valence-electron chi connectivity index (χ0n) is 7.00. The largest absolute Gasteiger partial charge is 0.397 e. The number of benzene rings is 1. The van der Waals surface area contributed by atoms with Crippen LogP contribution in [0.3, 0.4) is 0 Å². The second kappa shape index (κ2) is 9.52. The second-order valence-electron chi connectivity index (χ2n) is 2.10. The van der Waals surface area contributed by atoms with E-state index in [0.717, 1.165) is 5.56 Å². The monoisotopic (exact) mass is 204 g/mol. The molecule has 0 radical (unpaired) electrons. The minimum Gasteiger partial charge on any atom is -0.397 e. The maximum absolute atomic E-state index is 8.59. The summed E-state index contributed by atoms with van der Waals surface area (Å²) in [5.41, 5.74) is 0.888. The average molecular weight is 205 g/mol. The van der Waals surface area contributed by atoms with Crippen LogP contribution in [0.4, 0.5) is 0 Å². The molecule has 0 aliphatic heterocycles. The lowest BCUT2D eigenvalue weighted by Crippen LogP contribution is -1.79. The first-order valence-electron chi connectivity index (χ1n) is 3.70. The summed E-state index contributed by atoms with van der Waals surface area (Å²) in [6, 6.07) is 7.10. The molecule has 0 saturated heterocycles. The molecular weight excluding hydrogens is 188 g/mol. The molecule has 0 unspecified atom stereocenters. The van der Waals surface area contributed by atoms with Crippen LogP contribution in [0.1, 0.15) is 19.9 Å². The van der Waals surface area contributed by atoms with Gasteiger partial charge in [-0.25, -0.2) is 0 Å². The molecule has 0 fully saturated rings. The third kappa shape index (κ3) is 7.78. The van der Waals surface area contributed by atoms with Gasteiger partial charge in [-0.1, -0.05) is 31.2 Å². The van der Waals surface area contributed by atoms with Crippen molar-refractivity contribution in [2.45, 2.75) is 21.0 Å². The van der Waals surface area contributed by atoms with E-state index in [1.54, 1.807) is 31.2 Å². The van der Waals surface area contributed by atoms with Crippen molar-refractivity contribution in [3.63, 3.8) is 0 Å². The topological polar surface area (TPSA) is 40.5 Å². The predicted molar refractivity (Wildman–Crippen MR) is 56.9 cm³/mol. The molecule has 0 bridgehead atoms. The Hall–Kier alpha value is -0.570. The minimum absolute atomic E-state index is 0. The van der Waals surface area contributed by atoms with E-state index in [2.05, 4.69) is 0 Å². The summed E-state index contributed by atoms with van der Waals surface area (Å²) in [4.78, 5) is 0. The Bertz CT molecular complexity index is 197. The smallest absolute Gasteiger partial charge is 0.0681 e. The number of aliphatic hydroxyl groups excluding tert-OH is 2. The molecule has 1 aromatic rings. The van der Waals surface area contributed by atoms with Crippen LogP contribution in [0.5, 0.6) is 0 Å². The quantitative estimate of drug-likeness (QED) is 0.738. The highest BCUT2D eigenvalue weighted by Gasteiger charge is 1.87. The first kappa shape index (κ1) is 14.9. The van der Waals surface area contributed by atoms with Gasteiger partial charge in [-0.15, -0.1) is 0 Å². The Morgan fingerprint density at radius 2 is 1.54 bits per heavy atom. The highest BCUT2D eigenvalue weighted by atomic mass is 35.5. The zero-order valence-corrected chi connectivity index (χ0v) is 7.75. The fourth-order valence-corrected chi connectivity index (χ4v) is 0.716. The maximum atomic E-state index is 8.59. The molecule has 76 valence electrons. The lowest BCUT2D eigenvalue weighted by molar-refractivity contribution is 0.282. The van der Waals surface area contributed by atoms with Gasteiger partial charge >= 0.3 is 0 Å². The molecule has 0 atom stereocenters. The number of halogens is 1. The van der Waals surface area contributed by atoms with Gasteiger partial charge in [-0.3, -0.25) is 0 Å². The highest BCUT2D eigenvalue weighted by Crippen LogP contribution is 2.08. The van der Waals surface area contributed by atoms with Crippen molar-refractivity contribution >= 4 is 11.6 Å². The molecule has 1 rings (SSSR count). The van der Waals surface area contributed by atoms with E-state index in [-0.39, 0.29) is 20.6 Å². The Balaban J connectivity index is 0. The van der Waals surface area contributed by atoms with Crippen LogP contribution in [0, 0.1) is 0 Å². The second-order valence-corrected chi connectivity index (χ2v) is 2.54. The summed E-state index contributed by atoms with van der Waals surface area (Å²) >= 11 is 5.59. The molecule has 2 nitrogen and oxygen atoms in total. The predicted octanol–water partition coefficient (Wildman–Crippen LogP) is 2.47. The summed E-state index contributed by atoms with van der Waals surface area (Å²) in [7, 11) is 0. The molecule has 0 amide bonds. The molecule has 2 N–H and O–H groups in total. The van der Waals surface area contributed by atoms with Gasteiger partial charge in [0.15, 0.2) is 0 Å². The standard InChI is InChI=1S/C7H7ClO.C2H6O.CH4/c8-7-3-1-6(5-9)2-4-7;1-2-3;/h1-4,9H,5H2;3H,2H2,1H3;1H4. The minimum atomic E-state index is 0. The highest BCUT2D eigenvalue weighted by molar-refractivity contribution is 6.30. The normalized spacial score (nSPS) is 8.00. The molecule has 0 aliphatic carbocycles. The summed E-state index contributed by atoms with van der Waals surface area (Å²) in [5, 5.41) is 16.9. The van der Waals surface area contributed by atoms with E-state index in [1.165, 1.54) is 0 Å². The SMILES string of the molecule is C.CCO.OCc1ccc(Cl)cc1. The molecule has 0 aliphatic rings. The van der Waals surface area contributed by atoms with Crippen LogP contribution in [0.25, 0.3) is 0 Å². The van der Waals surface area contributed by atoms with Gasteiger partial charge in [0.05, 0.1) is 6.61 Å². The number of hydrogen-bond donors (Lipinski definition) is 2. The van der Waals surface area contributed by atoms with Gasteiger partial charge in [0, 0.05) is 11.6 Å². The number of aliphatic hydroxyl groups is 2. The van der Waals surface area contributed by atoms with Gasteiger partial charge < -0.3 is 10.2 Å². The van der Waals surface area contributed by atoms with E-state index in [9.17, 15) is 0 Å². The maximum Gasteiger partial charge on any atom is 0.0681 e. The van der Waals surface area contributed by atoms with Gasteiger partial charge in [0.25, 0.3) is 0 Å². The van der Waals surface area contributed by atoms with Gasteiger partial charge in [-0.05, 0) is 24.6 Å². The summed E-state index contributed by atoms with van der Waals surface area (Å²) in [6.45, 7) is 2.01. The van der Waals surface area contributed by atoms with Crippen LogP contribution in [0.2, 0.25) is 5.02 Å². The number of rotatable bonds is 1. The van der Waals surface area contributed by atoms with Crippen LogP contribution in [-0.4, -0.2) is 16.8 Å². The molecule has 0 spiro atoms. The third-order valence-electron chi connectivity index (χ3n) is 1.10. The van der Waals surface area contributed by atoms with Gasteiger partial charge in [0.2, 0.25) is 0 Å². The van der Waals surface area contributed by atoms with Crippen molar-refractivity contribution < 1.29 is 10.2 Å². The lowest BCUT2D eigenvalue weighted by Gasteiger charge is -1.92. The first-order chi connectivity index (χ1) is 5.74. The van der Waals surface area contributed by atoms with Crippen molar-refractivity contribution in [2.75, 3.05) is 6.61 Å². The average Bonchev–Trinajstić information content (AvgIpc) is 2.07. The van der Waals surface area contributed by atoms with Crippen molar-refractivity contribution in [1.82, 2.24) is 0 Å². The fourth-order valence-electron chi connectivity index (χ4n) is 0.590. The first-order valence-corrected chi connectivity index (χ1v) is 4.08. The molecule has 0 heterocycles.